The summed E-state index contributed by atoms with van der Waals surface area (Å²) in [6.45, 7) is 9.01. The van der Waals surface area contributed by atoms with E-state index in [0.29, 0.717) is 0 Å². The van der Waals surface area contributed by atoms with Crippen molar-refractivity contribution in [3.8, 4) is 0 Å². The average molecular weight is 238 g/mol. The van der Waals surface area contributed by atoms with Gasteiger partial charge in [0.05, 0.1) is 10.7 Å². The van der Waals surface area contributed by atoms with Crippen molar-refractivity contribution in [2.24, 2.45) is 0 Å². The standard InChI is InChI=1S/C14H20ClN/c1-14(2,3)11-6-7-12(15)13(10-11)16-8-4-5-9-16/h6-7,10H,4-5,8-9H2,1-3H3. The topological polar surface area (TPSA) is 3.24 Å². The van der Waals surface area contributed by atoms with Crippen LogP contribution in [0.1, 0.15) is 39.2 Å². The highest BCUT2D eigenvalue weighted by atomic mass is 35.5. The number of hydrogen-bond acceptors (Lipinski definition) is 1. The molecule has 16 heavy (non-hydrogen) atoms. The minimum Gasteiger partial charge on any atom is -0.370 e. The van der Waals surface area contributed by atoms with E-state index in [2.05, 4.69) is 37.8 Å². The molecule has 0 N–H and O–H groups in total. The van der Waals surface area contributed by atoms with Crippen LogP contribution in [0.2, 0.25) is 5.02 Å². The Morgan fingerprint density at radius 2 is 1.75 bits per heavy atom. The average Bonchev–Trinajstić information content (AvgIpc) is 2.69. The molecule has 0 atom stereocenters. The van der Waals surface area contributed by atoms with Crippen molar-refractivity contribution in [3.63, 3.8) is 0 Å². The van der Waals surface area contributed by atoms with Crippen LogP contribution in [-0.2, 0) is 5.41 Å². The maximum absolute atomic E-state index is 6.28. The van der Waals surface area contributed by atoms with E-state index in [1.54, 1.807) is 0 Å². The molecular weight excluding hydrogens is 218 g/mol. The van der Waals surface area contributed by atoms with Gasteiger partial charge in [0.25, 0.3) is 0 Å². The lowest BCUT2D eigenvalue weighted by Crippen LogP contribution is -2.19. The Bertz CT molecular complexity index is 373. The molecule has 0 aromatic heterocycles. The molecule has 1 heterocycles. The number of anilines is 1. The number of benzene rings is 1. The summed E-state index contributed by atoms with van der Waals surface area (Å²) in [4.78, 5) is 2.40. The Morgan fingerprint density at radius 1 is 1.12 bits per heavy atom. The van der Waals surface area contributed by atoms with Gasteiger partial charge in [0.15, 0.2) is 0 Å². The number of nitrogens with zero attached hydrogens (tertiary/aromatic N) is 1. The van der Waals surface area contributed by atoms with Crippen molar-refractivity contribution in [2.75, 3.05) is 18.0 Å². The fourth-order valence-electron chi connectivity index (χ4n) is 2.18. The lowest BCUT2D eigenvalue weighted by atomic mass is 9.87. The molecule has 1 aliphatic heterocycles. The third-order valence-electron chi connectivity index (χ3n) is 3.26. The summed E-state index contributed by atoms with van der Waals surface area (Å²) < 4.78 is 0. The summed E-state index contributed by atoms with van der Waals surface area (Å²) in [7, 11) is 0. The van der Waals surface area contributed by atoms with E-state index in [1.165, 1.54) is 24.1 Å². The lowest BCUT2D eigenvalue weighted by Gasteiger charge is -2.24. The normalized spacial score (nSPS) is 16.9. The van der Waals surface area contributed by atoms with E-state index in [4.69, 9.17) is 11.6 Å². The maximum atomic E-state index is 6.28. The van der Waals surface area contributed by atoms with E-state index in [-0.39, 0.29) is 5.41 Å². The van der Waals surface area contributed by atoms with E-state index < -0.39 is 0 Å². The van der Waals surface area contributed by atoms with Crippen LogP contribution in [0.4, 0.5) is 5.69 Å². The molecule has 88 valence electrons. The number of rotatable bonds is 1. The van der Waals surface area contributed by atoms with Crippen LogP contribution in [0.3, 0.4) is 0 Å². The van der Waals surface area contributed by atoms with Crippen LogP contribution in [-0.4, -0.2) is 13.1 Å². The molecule has 0 saturated carbocycles. The van der Waals surface area contributed by atoms with E-state index in [1.807, 2.05) is 6.07 Å². The van der Waals surface area contributed by atoms with Crippen molar-refractivity contribution in [1.29, 1.82) is 0 Å². The molecule has 1 fully saturated rings. The molecule has 0 radical (unpaired) electrons. The third kappa shape index (κ3) is 2.35. The largest absolute Gasteiger partial charge is 0.370 e. The highest BCUT2D eigenvalue weighted by molar-refractivity contribution is 6.33. The van der Waals surface area contributed by atoms with Crippen molar-refractivity contribution >= 4 is 17.3 Å². The molecule has 1 aromatic carbocycles. The molecule has 1 aromatic rings. The fraction of sp³-hybridized carbons (Fsp3) is 0.571. The minimum atomic E-state index is 0.194. The first kappa shape index (κ1) is 11.8. The van der Waals surface area contributed by atoms with Crippen LogP contribution >= 0.6 is 11.6 Å². The zero-order valence-corrected chi connectivity index (χ0v) is 11.1. The second-order valence-corrected chi connectivity index (χ2v) is 6.02. The lowest BCUT2D eigenvalue weighted by molar-refractivity contribution is 0.590. The van der Waals surface area contributed by atoms with Gasteiger partial charge in [-0.1, -0.05) is 38.4 Å². The maximum Gasteiger partial charge on any atom is 0.0639 e. The van der Waals surface area contributed by atoms with Crippen molar-refractivity contribution < 1.29 is 0 Å². The summed E-state index contributed by atoms with van der Waals surface area (Å²) in [5, 5.41) is 0.884. The Labute approximate surface area is 103 Å². The van der Waals surface area contributed by atoms with Crippen molar-refractivity contribution in [2.45, 2.75) is 39.0 Å². The first-order chi connectivity index (χ1) is 7.48. The summed E-state index contributed by atoms with van der Waals surface area (Å²) in [5.74, 6) is 0. The molecule has 0 amide bonds. The van der Waals surface area contributed by atoms with Gasteiger partial charge in [-0.15, -0.1) is 0 Å². The molecule has 1 saturated heterocycles. The summed E-state index contributed by atoms with van der Waals surface area (Å²) in [5.41, 5.74) is 2.77. The van der Waals surface area contributed by atoms with Gasteiger partial charge in [-0.25, -0.2) is 0 Å². The molecule has 2 rings (SSSR count). The molecule has 2 heteroatoms. The van der Waals surface area contributed by atoms with Gasteiger partial charge in [0, 0.05) is 13.1 Å². The quantitative estimate of drug-likeness (QED) is 0.706. The Hall–Kier alpha value is -0.690. The molecule has 0 unspecified atom stereocenters. The molecule has 1 nitrogen and oxygen atoms in total. The molecule has 0 bridgehead atoms. The predicted octanol–water partition coefficient (Wildman–Crippen LogP) is 4.24. The highest BCUT2D eigenvalue weighted by Crippen LogP contribution is 2.33. The molecule has 0 aliphatic carbocycles. The van der Waals surface area contributed by atoms with Gasteiger partial charge in [0.2, 0.25) is 0 Å². The van der Waals surface area contributed by atoms with E-state index in [9.17, 15) is 0 Å². The molecule has 1 aliphatic rings. The smallest absolute Gasteiger partial charge is 0.0639 e. The fourth-order valence-corrected chi connectivity index (χ4v) is 2.42. The predicted molar refractivity (Wildman–Crippen MR) is 71.6 cm³/mol. The van der Waals surface area contributed by atoms with Crippen LogP contribution < -0.4 is 4.90 Å². The third-order valence-corrected chi connectivity index (χ3v) is 3.58. The van der Waals surface area contributed by atoms with Crippen LogP contribution in [0.25, 0.3) is 0 Å². The Balaban J connectivity index is 2.36. The van der Waals surface area contributed by atoms with Gasteiger partial charge < -0.3 is 4.90 Å². The van der Waals surface area contributed by atoms with E-state index in [0.717, 1.165) is 18.1 Å². The summed E-state index contributed by atoms with van der Waals surface area (Å²) in [6.07, 6.45) is 2.58. The van der Waals surface area contributed by atoms with Crippen LogP contribution in [0.5, 0.6) is 0 Å². The zero-order valence-electron chi connectivity index (χ0n) is 10.4. The Morgan fingerprint density at radius 3 is 2.31 bits per heavy atom. The Kier molecular flexibility index (Phi) is 3.16. The van der Waals surface area contributed by atoms with Gasteiger partial charge in [0.1, 0.15) is 0 Å². The second kappa shape index (κ2) is 4.29. The van der Waals surface area contributed by atoms with Gasteiger partial charge >= 0.3 is 0 Å². The summed E-state index contributed by atoms with van der Waals surface area (Å²) >= 11 is 6.28. The van der Waals surface area contributed by atoms with Gasteiger partial charge in [-0.2, -0.15) is 0 Å². The van der Waals surface area contributed by atoms with E-state index >= 15 is 0 Å². The number of halogens is 1. The monoisotopic (exact) mass is 237 g/mol. The zero-order chi connectivity index (χ0) is 11.8. The molecular formula is C14H20ClN. The van der Waals surface area contributed by atoms with Crippen molar-refractivity contribution in [1.82, 2.24) is 0 Å². The second-order valence-electron chi connectivity index (χ2n) is 5.61. The minimum absolute atomic E-state index is 0.194. The SMILES string of the molecule is CC(C)(C)c1ccc(Cl)c(N2CCCC2)c1. The van der Waals surface area contributed by atoms with Crippen LogP contribution in [0, 0.1) is 0 Å². The summed E-state index contributed by atoms with van der Waals surface area (Å²) in [6, 6.07) is 6.44. The molecule has 0 spiro atoms. The first-order valence-corrected chi connectivity index (χ1v) is 6.41. The number of hydrogen-bond donors (Lipinski definition) is 0. The van der Waals surface area contributed by atoms with Crippen LogP contribution in [0.15, 0.2) is 18.2 Å². The highest BCUT2D eigenvalue weighted by Gasteiger charge is 2.19. The van der Waals surface area contributed by atoms with Gasteiger partial charge in [-0.3, -0.25) is 0 Å². The van der Waals surface area contributed by atoms with Crippen molar-refractivity contribution in [3.05, 3.63) is 28.8 Å². The first-order valence-electron chi connectivity index (χ1n) is 6.03. The van der Waals surface area contributed by atoms with Gasteiger partial charge in [-0.05, 0) is 36.0 Å².